The van der Waals surface area contributed by atoms with Crippen LogP contribution in [0.2, 0.25) is 0 Å². The molecule has 1 aromatic heterocycles. The Morgan fingerprint density at radius 3 is 2.95 bits per heavy atom. The molecule has 0 atom stereocenters. The normalized spacial score (nSPS) is 13.2. The minimum Gasteiger partial charge on any atom is -0.493 e. The smallest absolute Gasteiger partial charge is 0.127 e. The highest BCUT2D eigenvalue weighted by Crippen LogP contribution is 2.36. The third-order valence-corrected chi connectivity index (χ3v) is 4.06. The van der Waals surface area contributed by atoms with Gasteiger partial charge in [-0.15, -0.1) is 0 Å². The lowest BCUT2D eigenvalue weighted by molar-refractivity contribution is 0.353. The van der Waals surface area contributed by atoms with Crippen molar-refractivity contribution in [3.05, 3.63) is 59.9 Å². The number of hydrogen-bond donors (Lipinski definition) is 1. The van der Waals surface area contributed by atoms with E-state index in [0.717, 1.165) is 35.3 Å². The quantitative estimate of drug-likeness (QED) is 0.781. The number of nitrogens with zero attached hydrogens (tertiary/aromatic N) is 1. The Bertz CT molecular complexity index is 821. The van der Waals surface area contributed by atoms with Gasteiger partial charge in [0.25, 0.3) is 0 Å². The third kappa shape index (κ3) is 1.98. The van der Waals surface area contributed by atoms with Gasteiger partial charge in [-0.1, -0.05) is 24.3 Å². The summed E-state index contributed by atoms with van der Waals surface area (Å²) in [5.74, 6) is 0.981. The Kier molecular flexibility index (Phi) is 2.86. The summed E-state index contributed by atoms with van der Waals surface area (Å²) in [6.45, 7) is 1.24. The molecule has 3 nitrogen and oxygen atoms in total. The first-order valence-electron chi connectivity index (χ1n) is 7.18. The van der Waals surface area contributed by atoms with Crippen molar-refractivity contribution in [2.45, 2.75) is 13.0 Å². The van der Waals surface area contributed by atoms with Crippen molar-refractivity contribution in [3.8, 4) is 16.9 Å². The molecule has 3 aromatic rings. The summed E-state index contributed by atoms with van der Waals surface area (Å²) < 4.78 is 5.70. The molecule has 0 bridgehead atoms. The minimum atomic E-state index is 0.494. The Hall–Kier alpha value is -2.39. The van der Waals surface area contributed by atoms with E-state index in [9.17, 15) is 0 Å². The maximum absolute atomic E-state index is 5.89. The van der Waals surface area contributed by atoms with Crippen LogP contribution in [0.5, 0.6) is 5.75 Å². The lowest BCUT2D eigenvalue weighted by Crippen LogP contribution is -2.00. The standard InChI is InChI=1S/C18H16N2O/c19-9-15-8-14(7-12-5-6-21-18(12)15)17-11-20-10-13-3-1-2-4-16(13)17/h1-4,7-8,10-11H,5-6,9,19H2. The number of hydrogen-bond acceptors (Lipinski definition) is 3. The van der Waals surface area contributed by atoms with Gasteiger partial charge in [0.2, 0.25) is 0 Å². The molecule has 21 heavy (non-hydrogen) atoms. The molecule has 2 N–H and O–H groups in total. The molecule has 4 rings (SSSR count). The second-order valence-corrected chi connectivity index (χ2v) is 5.33. The highest BCUT2D eigenvalue weighted by molar-refractivity contribution is 5.96. The van der Waals surface area contributed by atoms with Gasteiger partial charge in [0.1, 0.15) is 5.75 Å². The second kappa shape index (κ2) is 4.86. The molecule has 1 aliphatic rings. The van der Waals surface area contributed by atoms with Crippen LogP contribution >= 0.6 is 0 Å². The number of benzene rings is 2. The number of rotatable bonds is 2. The molecule has 1 aliphatic heterocycles. The van der Waals surface area contributed by atoms with E-state index < -0.39 is 0 Å². The average molecular weight is 276 g/mol. The van der Waals surface area contributed by atoms with Crippen LogP contribution in [0, 0.1) is 0 Å². The van der Waals surface area contributed by atoms with Gasteiger partial charge in [0.05, 0.1) is 6.61 Å². The third-order valence-electron chi connectivity index (χ3n) is 4.06. The number of pyridine rings is 1. The summed E-state index contributed by atoms with van der Waals surface area (Å²) in [6.07, 6.45) is 4.79. The van der Waals surface area contributed by atoms with E-state index in [2.05, 4.69) is 35.3 Å². The monoisotopic (exact) mass is 276 g/mol. The number of fused-ring (bicyclic) bond motifs is 2. The average Bonchev–Trinajstić information content (AvgIpc) is 3.02. The van der Waals surface area contributed by atoms with Crippen LogP contribution in [0.4, 0.5) is 0 Å². The lowest BCUT2D eigenvalue weighted by Gasteiger charge is -2.11. The molecule has 0 fully saturated rings. The summed E-state index contributed by atoms with van der Waals surface area (Å²) in [5, 5.41) is 2.37. The topological polar surface area (TPSA) is 48.1 Å². The Balaban J connectivity index is 1.97. The van der Waals surface area contributed by atoms with Crippen LogP contribution in [0.25, 0.3) is 21.9 Å². The number of ether oxygens (including phenoxy) is 1. The molecule has 104 valence electrons. The lowest BCUT2D eigenvalue weighted by atomic mass is 9.96. The molecular formula is C18H16N2O. The first-order chi connectivity index (χ1) is 10.4. The molecule has 0 radical (unpaired) electrons. The van der Waals surface area contributed by atoms with E-state index in [1.807, 2.05) is 18.5 Å². The van der Waals surface area contributed by atoms with Crippen molar-refractivity contribution in [1.82, 2.24) is 4.98 Å². The zero-order valence-corrected chi connectivity index (χ0v) is 11.7. The second-order valence-electron chi connectivity index (χ2n) is 5.33. The summed E-state index contributed by atoms with van der Waals surface area (Å²) in [5.41, 5.74) is 10.5. The fraction of sp³-hybridized carbons (Fsp3) is 0.167. The Morgan fingerprint density at radius 1 is 1.14 bits per heavy atom. The fourth-order valence-corrected chi connectivity index (χ4v) is 3.04. The molecule has 0 aliphatic carbocycles. The van der Waals surface area contributed by atoms with Gasteiger partial charge in [0, 0.05) is 41.9 Å². The van der Waals surface area contributed by atoms with Crippen molar-refractivity contribution in [3.63, 3.8) is 0 Å². The molecule has 2 heterocycles. The maximum Gasteiger partial charge on any atom is 0.127 e. The van der Waals surface area contributed by atoms with Crippen LogP contribution < -0.4 is 10.5 Å². The van der Waals surface area contributed by atoms with Gasteiger partial charge in [0.15, 0.2) is 0 Å². The van der Waals surface area contributed by atoms with Crippen molar-refractivity contribution in [2.24, 2.45) is 5.73 Å². The Labute approximate surface area is 123 Å². The van der Waals surface area contributed by atoms with Crippen LogP contribution in [0.3, 0.4) is 0 Å². The van der Waals surface area contributed by atoms with Gasteiger partial charge >= 0.3 is 0 Å². The van der Waals surface area contributed by atoms with E-state index in [4.69, 9.17) is 10.5 Å². The molecule has 0 amide bonds. The van der Waals surface area contributed by atoms with Crippen molar-refractivity contribution in [1.29, 1.82) is 0 Å². The molecule has 0 saturated heterocycles. The van der Waals surface area contributed by atoms with Crippen LogP contribution in [0.1, 0.15) is 11.1 Å². The Morgan fingerprint density at radius 2 is 2.05 bits per heavy atom. The summed E-state index contributed by atoms with van der Waals surface area (Å²) in [7, 11) is 0. The predicted octanol–water partition coefficient (Wildman–Crippen LogP) is 3.30. The maximum atomic E-state index is 5.89. The SMILES string of the molecule is NCc1cc(-c2cncc3ccccc23)cc2c1OCC2. The van der Waals surface area contributed by atoms with Crippen molar-refractivity contribution >= 4 is 10.8 Å². The largest absolute Gasteiger partial charge is 0.493 e. The van der Waals surface area contributed by atoms with Gasteiger partial charge < -0.3 is 10.5 Å². The summed E-state index contributed by atoms with van der Waals surface area (Å²) in [4.78, 5) is 4.38. The zero-order valence-electron chi connectivity index (χ0n) is 11.7. The summed E-state index contributed by atoms with van der Waals surface area (Å²) in [6, 6.07) is 12.7. The van der Waals surface area contributed by atoms with E-state index >= 15 is 0 Å². The van der Waals surface area contributed by atoms with Crippen LogP contribution in [0.15, 0.2) is 48.8 Å². The molecular weight excluding hydrogens is 260 g/mol. The van der Waals surface area contributed by atoms with Crippen LogP contribution in [-0.4, -0.2) is 11.6 Å². The molecule has 3 heteroatoms. The van der Waals surface area contributed by atoms with Crippen molar-refractivity contribution in [2.75, 3.05) is 6.61 Å². The van der Waals surface area contributed by atoms with E-state index in [-0.39, 0.29) is 0 Å². The predicted molar refractivity (Wildman–Crippen MR) is 84.3 cm³/mol. The van der Waals surface area contributed by atoms with E-state index in [0.29, 0.717) is 6.54 Å². The van der Waals surface area contributed by atoms with Gasteiger partial charge in [-0.2, -0.15) is 0 Å². The van der Waals surface area contributed by atoms with Gasteiger partial charge in [-0.05, 0) is 28.6 Å². The molecule has 0 spiro atoms. The number of nitrogens with two attached hydrogens (primary N) is 1. The highest BCUT2D eigenvalue weighted by Gasteiger charge is 2.18. The van der Waals surface area contributed by atoms with E-state index in [1.54, 1.807) is 0 Å². The fourth-order valence-electron chi connectivity index (χ4n) is 3.04. The number of aromatic nitrogens is 1. The van der Waals surface area contributed by atoms with Crippen LogP contribution in [-0.2, 0) is 13.0 Å². The van der Waals surface area contributed by atoms with E-state index in [1.165, 1.54) is 16.5 Å². The summed E-state index contributed by atoms with van der Waals surface area (Å²) >= 11 is 0. The highest BCUT2D eigenvalue weighted by atomic mass is 16.5. The zero-order chi connectivity index (χ0) is 14.2. The van der Waals surface area contributed by atoms with Gasteiger partial charge in [-0.25, -0.2) is 0 Å². The molecule has 0 unspecified atom stereocenters. The molecule has 2 aromatic carbocycles. The first-order valence-corrected chi connectivity index (χ1v) is 7.18. The van der Waals surface area contributed by atoms with Gasteiger partial charge in [-0.3, -0.25) is 4.98 Å². The van der Waals surface area contributed by atoms with Crippen molar-refractivity contribution < 1.29 is 4.74 Å². The first kappa shape index (κ1) is 12.4. The molecule has 0 saturated carbocycles. The minimum absolute atomic E-state index is 0.494.